The molecule has 1 aliphatic rings. The average molecular weight is 345 g/mol. The van der Waals surface area contributed by atoms with Gasteiger partial charge in [-0.1, -0.05) is 0 Å². The molecule has 0 bridgehead atoms. The molecule has 0 radical (unpaired) electrons. The molecule has 2 N–H and O–H groups in total. The van der Waals surface area contributed by atoms with Crippen LogP contribution in [0.1, 0.15) is 26.3 Å². The van der Waals surface area contributed by atoms with E-state index in [-0.39, 0.29) is 6.79 Å². The molecule has 6 nitrogen and oxygen atoms in total. The van der Waals surface area contributed by atoms with Crippen LogP contribution in [-0.2, 0) is 11.3 Å². The lowest BCUT2D eigenvalue weighted by atomic mass is 10.2. The first-order valence-electron chi connectivity index (χ1n) is 6.15. The summed E-state index contributed by atoms with van der Waals surface area (Å²) in [6, 6.07) is 3.76. The second-order valence-corrected chi connectivity index (χ2v) is 6.15. The van der Waals surface area contributed by atoms with Crippen molar-refractivity contribution in [2.24, 2.45) is 0 Å². The Balaban J connectivity index is 1.86. The van der Waals surface area contributed by atoms with E-state index in [0.29, 0.717) is 18.0 Å². The highest BCUT2D eigenvalue weighted by molar-refractivity contribution is 9.10. The number of fused-ring (bicyclic) bond motifs is 1. The van der Waals surface area contributed by atoms with E-state index in [2.05, 4.69) is 26.8 Å². The minimum absolute atomic E-state index is 0.223. The van der Waals surface area contributed by atoms with E-state index in [1.807, 2.05) is 32.9 Å². The summed E-state index contributed by atoms with van der Waals surface area (Å²) in [7, 11) is 0. The number of ether oxygens (including phenoxy) is 3. The van der Waals surface area contributed by atoms with Crippen LogP contribution in [0, 0.1) is 0 Å². The van der Waals surface area contributed by atoms with Crippen molar-refractivity contribution < 1.29 is 19.0 Å². The summed E-state index contributed by atoms with van der Waals surface area (Å²) < 4.78 is 16.6. The third-order valence-corrected chi connectivity index (χ3v) is 2.96. The number of hydrogen-bond donors (Lipinski definition) is 2. The molecule has 1 aliphatic heterocycles. The second kappa shape index (κ2) is 5.88. The normalized spacial score (nSPS) is 13.2. The van der Waals surface area contributed by atoms with Crippen molar-refractivity contribution in [2.45, 2.75) is 32.9 Å². The van der Waals surface area contributed by atoms with Crippen LogP contribution in [-0.4, -0.2) is 18.5 Å². The molecule has 0 spiro atoms. The van der Waals surface area contributed by atoms with Gasteiger partial charge in [0.2, 0.25) is 6.79 Å². The van der Waals surface area contributed by atoms with Gasteiger partial charge < -0.3 is 14.2 Å². The zero-order valence-electron chi connectivity index (χ0n) is 11.6. The summed E-state index contributed by atoms with van der Waals surface area (Å²) >= 11 is 3.41. The molecule has 1 aromatic rings. The van der Waals surface area contributed by atoms with Gasteiger partial charge >= 0.3 is 6.09 Å². The van der Waals surface area contributed by atoms with E-state index in [9.17, 15) is 4.79 Å². The first-order valence-corrected chi connectivity index (χ1v) is 6.94. The summed E-state index contributed by atoms with van der Waals surface area (Å²) in [5, 5.41) is 0. The molecule has 0 saturated heterocycles. The third kappa shape index (κ3) is 4.01. The van der Waals surface area contributed by atoms with Crippen molar-refractivity contribution in [3.05, 3.63) is 22.2 Å². The maximum absolute atomic E-state index is 11.5. The fourth-order valence-electron chi connectivity index (χ4n) is 1.64. The maximum Gasteiger partial charge on any atom is 0.422 e. The minimum Gasteiger partial charge on any atom is -0.454 e. The van der Waals surface area contributed by atoms with Crippen LogP contribution in [0.5, 0.6) is 11.5 Å². The van der Waals surface area contributed by atoms with Crippen LogP contribution in [0.3, 0.4) is 0 Å². The summed E-state index contributed by atoms with van der Waals surface area (Å²) in [6.45, 7) is 6.08. The number of nitrogens with one attached hydrogen (secondary N) is 2. The molecular weight excluding hydrogens is 328 g/mol. The second-order valence-electron chi connectivity index (χ2n) is 5.29. The van der Waals surface area contributed by atoms with Crippen LogP contribution in [0.25, 0.3) is 0 Å². The summed E-state index contributed by atoms with van der Waals surface area (Å²) in [5.41, 5.74) is 5.70. The highest BCUT2D eigenvalue weighted by Gasteiger charge is 2.18. The zero-order chi connectivity index (χ0) is 14.8. The smallest absolute Gasteiger partial charge is 0.422 e. The summed E-state index contributed by atoms with van der Waals surface area (Å²) in [6.07, 6.45) is -0.516. The van der Waals surface area contributed by atoms with Gasteiger partial charge in [0, 0.05) is 6.54 Å². The Labute approximate surface area is 125 Å². The molecule has 0 unspecified atom stereocenters. The van der Waals surface area contributed by atoms with E-state index in [1.165, 1.54) is 0 Å². The molecule has 0 fully saturated rings. The Morgan fingerprint density at radius 2 is 2.15 bits per heavy atom. The molecule has 0 saturated carbocycles. The first-order chi connectivity index (χ1) is 9.35. The molecule has 110 valence electrons. The van der Waals surface area contributed by atoms with Crippen molar-refractivity contribution in [2.75, 3.05) is 6.79 Å². The number of rotatable bonds is 3. The van der Waals surface area contributed by atoms with Gasteiger partial charge in [0.1, 0.15) is 5.60 Å². The topological polar surface area (TPSA) is 68.8 Å². The van der Waals surface area contributed by atoms with Crippen LogP contribution in [0.2, 0.25) is 0 Å². The lowest BCUT2D eigenvalue weighted by Crippen LogP contribution is -2.40. The van der Waals surface area contributed by atoms with Crippen molar-refractivity contribution in [1.29, 1.82) is 0 Å². The van der Waals surface area contributed by atoms with Crippen LogP contribution < -0.4 is 20.3 Å². The standard InChI is InChI=1S/C13H17BrN2O4/c1-13(2,3)20-12(17)16-15-6-8-4-9(14)11-10(5-8)18-7-19-11/h4-5,15H,6-7H2,1-3H3,(H,16,17). The van der Waals surface area contributed by atoms with E-state index in [1.54, 1.807) is 0 Å². The molecule has 1 amide bonds. The number of hydrogen-bond acceptors (Lipinski definition) is 5. The van der Waals surface area contributed by atoms with Gasteiger partial charge in [0.05, 0.1) is 4.47 Å². The highest BCUT2D eigenvalue weighted by atomic mass is 79.9. The van der Waals surface area contributed by atoms with E-state index in [0.717, 1.165) is 10.0 Å². The van der Waals surface area contributed by atoms with Gasteiger partial charge in [-0.05, 0) is 54.4 Å². The average Bonchev–Trinajstić information content (AvgIpc) is 2.75. The first kappa shape index (κ1) is 14.9. The Hall–Kier alpha value is -1.47. The van der Waals surface area contributed by atoms with Gasteiger partial charge in [-0.15, -0.1) is 0 Å². The van der Waals surface area contributed by atoms with Crippen molar-refractivity contribution in [1.82, 2.24) is 10.9 Å². The lowest BCUT2D eigenvalue weighted by Gasteiger charge is -2.19. The highest BCUT2D eigenvalue weighted by Crippen LogP contribution is 2.39. The van der Waals surface area contributed by atoms with E-state index < -0.39 is 11.7 Å². The largest absolute Gasteiger partial charge is 0.454 e. The fraction of sp³-hybridized carbons (Fsp3) is 0.462. The number of hydrazine groups is 1. The maximum atomic E-state index is 11.5. The molecule has 0 atom stereocenters. The van der Waals surface area contributed by atoms with Gasteiger partial charge in [0.25, 0.3) is 0 Å². The lowest BCUT2D eigenvalue weighted by molar-refractivity contribution is 0.0497. The number of carbonyl (C=O) groups is 1. The minimum atomic E-state index is -0.520. The Morgan fingerprint density at radius 1 is 1.40 bits per heavy atom. The summed E-state index contributed by atoms with van der Waals surface area (Å²) in [4.78, 5) is 11.5. The summed E-state index contributed by atoms with van der Waals surface area (Å²) in [5.74, 6) is 1.39. The van der Waals surface area contributed by atoms with E-state index in [4.69, 9.17) is 14.2 Å². The molecule has 7 heteroatoms. The third-order valence-electron chi connectivity index (χ3n) is 2.37. The molecule has 1 aromatic carbocycles. The van der Waals surface area contributed by atoms with Gasteiger partial charge in [0.15, 0.2) is 11.5 Å². The van der Waals surface area contributed by atoms with Crippen molar-refractivity contribution >= 4 is 22.0 Å². The SMILES string of the molecule is CC(C)(C)OC(=O)NNCc1cc(Br)c2c(c1)OCO2. The Bertz CT molecular complexity index is 514. The van der Waals surface area contributed by atoms with Crippen LogP contribution in [0.15, 0.2) is 16.6 Å². The fourth-order valence-corrected chi connectivity index (χ4v) is 2.25. The van der Waals surface area contributed by atoms with Crippen molar-refractivity contribution in [3.8, 4) is 11.5 Å². The van der Waals surface area contributed by atoms with Gasteiger partial charge in [-0.25, -0.2) is 10.2 Å². The molecular formula is C13H17BrN2O4. The van der Waals surface area contributed by atoms with Crippen molar-refractivity contribution in [3.63, 3.8) is 0 Å². The molecule has 1 heterocycles. The predicted octanol–water partition coefficient (Wildman–Crippen LogP) is 2.71. The Kier molecular flexibility index (Phi) is 4.39. The number of carbonyl (C=O) groups excluding carboxylic acids is 1. The quantitative estimate of drug-likeness (QED) is 0.825. The molecule has 0 aliphatic carbocycles. The zero-order valence-corrected chi connectivity index (χ0v) is 13.2. The van der Waals surface area contributed by atoms with Crippen LogP contribution >= 0.6 is 15.9 Å². The number of amides is 1. The molecule has 2 rings (SSSR count). The predicted molar refractivity (Wildman–Crippen MR) is 76.5 cm³/mol. The molecule has 0 aromatic heterocycles. The number of benzene rings is 1. The monoisotopic (exact) mass is 344 g/mol. The number of halogens is 1. The van der Waals surface area contributed by atoms with Crippen LogP contribution in [0.4, 0.5) is 4.79 Å². The molecule has 20 heavy (non-hydrogen) atoms. The van der Waals surface area contributed by atoms with Gasteiger partial charge in [-0.3, -0.25) is 5.43 Å². The Morgan fingerprint density at radius 3 is 2.85 bits per heavy atom. The van der Waals surface area contributed by atoms with Gasteiger partial charge in [-0.2, -0.15) is 0 Å². The van der Waals surface area contributed by atoms with E-state index >= 15 is 0 Å².